The lowest BCUT2D eigenvalue weighted by Gasteiger charge is -2.25. The summed E-state index contributed by atoms with van der Waals surface area (Å²) in [7, 11) is 0. The SMILES string of the molecule is CC(C)N(CCCO)Cc1ccc2ccccc2n1. The molecule has 0 aliphatic heterocycles. The summed E-state index contributed by atoms with van der Waals surface area (Å²) in [6, 6.07) is 12.9. The van der Waals surface area contributed by atoms with Gasteiger partial charge in [-0.3, -0.25) is 9.88 Å². The molecule has 0 aliphatic carbocycles. The van der Waals surface area contributed by atoms with E-state index in [2.05, 4.69) is 36.9 Å². The van der Waals surface area contributed by atoms with Gasteiger partial charge in [-0.15, -0.1) is 0 Å². The zero-order valence-corrected chi connectivity index (χ0v) is 11.7. The molecule has 0 saturated carbocycles. The minimum atomic E-state index is 0.244. The third kappa shape index (κ3) is 3.75. The Balaban J connectivity index is 2.14. The number of para-hydroxylation sites is 1. The van der Waals surface area contributed by atoms with Crippen molar-refractivity contribution < 1.29 is 5.11 Å². The number of aliphatic hydroxyl groups excluding tert-OH is 1. The van der Waals surface area contributed by atoms with Crippen LogP contribution in [0.25, 0.3) is 10.9 Å². The molecule has 0 unspecified atom stereocenters. The van der Waals surface area contributed by atoms with Crippen molar-refractivity contribution in [3.05, 3.63) is 42.1 Å². The lowest BCUT2D eigenvalue weighted by atomic mass is 10.2. The third-order valence-corrected chi connectivity index (χ3v) is 3.35. The van der Waals surface area contributed by atoms with E-state index in [1.165, 1.54) is 5.39 Å². The van der Waals surface area contributed by atoms with Gasteiger partial charge in [-0.2, -0.15) is 0 Å². The van der Waals surface area contributed by atoms with E-state index < -0.39 is 0 Å². The Morgan fingerprint density at radius 3 is 2.68 bits per heavy atom. The fourth-order valence-corrected chi connectivity index (χ4v) is 2.20. The minimum Gasteiger partial charge on any atom is -0.396 e. The first-order valence-electron chi connectivity index (χ1n) is 6.90. The highest BCUT2D eigenvalue weighted by Gasteiger charge is 2.10. The van der Waals surface area contributed by atoms with E-state index >= 15 is 0 Å². The van der Waals surface area contributed by atoms with Crippen molar-refractivity contribution in [1.29, 1.82) is 0 Å². The Bertz CT molecular complexity index is 525. The molecule has 1 aromatic carbocycles. The zero-order chi connectivity index (χ0) is 13.7. The molecule has 1 heterocycles. The molecule has 0 atom stereocenters. The van der Waals surface area contributed by atoms with Gasteiger partial charge in [0.05, 0.1) is 11.2 Å². The number of nitrogens with zero attached hydrogens (tertiary/aromatic N) is 2. The van der Waals surface area contributed by atoms with Crippen molar-refractivity contribution in [2.24, 2.45) is 0 Å². The molecule has 3 nitrogen and oxygen atoms in total. The van der Waals surface area contributed by atoms with E-state index in [0.29, 0.717) is 6.04 Å². The van der Waals surface area contributed by atoms with Crippen LogP contribution in [-0.2, 0) is 6.54 Å². The largest absolute Gasteiger partial charge is 0.396 e. The summed E-state index contributed by atoms with van der Waals surface area (Å²) in [6.07, 6.45) is 0.811. The molecule has 2 aromatic rings. The summed E-state index contributed by atoms with van der Waals surface area (Å²) < 4.78 is 0. The van der Waals surface area contributed by atoms with Crippen molar-refractivity contribution in [1.82, 2.24) is 9.88 Å². The van der Waals surface area contributed by atoms with Crippen molar-refractivity contribution in [2.45, 2.75) is 32.9 Å². The molecule has 0 spiro atoms. The smallest absolute Gasteiger partial charge is 0.0705 e. The highest BCUT2D eigenvalue weighted by Crippen LogP contribution is 2.14. The predicted molar refractivity (Wildman–Crippen MR) is 79.0 cm³/mol. The molecular weight excluding hydrogens is 236 g/mol. The van der Waals surface area contributed by atoms with E-state index in [-0.39, 0.29) is 6.61 Å². The predicted octanol–water partition coefficient (Wildman–Crippen LogP) is 2.83. The third-order valence-electron chi connectivity index (χ3n) is 3.35. The molecule has 0 radical (unpaired) electrons. The molecule has 1 N–H and O–H groups in total. The van der Waals surface area contributed by atoms with Gasteiger partial charge in [0.15, 0.2) is 0 Å². The van der Waals surface area contributed by atoms with E-state index in [9.17, 15) is 0 Å². The van der Waals surface area contributed by atoms with E-state index in [4.69, 9.17) is 10.1 Å². The summed E-state index contributed by atoms with van der Waals surface area (Å²) in [4.78, 5) is 7.04. The number of aromatic nitrogens is 1. The van der Waals surface area contributed by atoms with Crippen molar-refractivity contribution >= 4 is 10.9 Å². The van der Waals surface area contributed by atoms with Gasteiger partial charge in [0, 0.05) is 31.1 Å². The summed E-state index contributed by atoms with van der Waals surface area (Å²) in [5.74, 6) is 0. The first-order chi connectivity index (χ1) is 9.20. The molecule has 0 fully saturated rings. The van der Waals surface area contributed by atoms with Crippen LogP contribution in [0, 0.1) is 0 Å². The average Bonchev–Trinajstić information content (AvgIpc) is 2.43. The van der Waals surface area contributed by atoms with Crippen LogP contribution >= 0.6 is 0 Å². The molecule has 0 amide bonds. The first kappa shape index (κ1) is 14.0. The van der Waals surface area contributed by atoms with E-state index in [1.54, 1.807) is 0 Å². The molecule has 102 valence electrons. The van der Waals surface area contributed by atoms with Gasteiger partial charge in [-0.1, -0.05) is 24.3 Å². The lowest BCUT2D eigenvalue weighted by molar-refractivity contribution is 0.183. The van der Waals surface area contributed by atoms with Gasteiger partial charge in [-0.05, 0) is 32.4 Å². The monoisotopic (exact) mass is 258 g/mol. The Labute approximate surface area is 114 Å². The van der Waals surface area contributed by atoms with E-state index in [0.717, 1.165) is 30.7 Å². The van der Waals surface area contributed by atoms with E-state index in [1.807, 2.05) is 18.2 Å². The van der Waals surface area contributed by atoms with Gasteiger partial charge in [0.1, 0.15) is 0 Å². The van der Waals surface area contributed by atoms with Gasteiger partial charge in [-0.25, -0.2) is 0 Å². The van der Waals surface area contributed by atoms with Crippen LogP contribution < -0.4 is 0 Å². The second-order valence-corrected chi connectivity index (χ2v) is 5.14. The topological polar surface area (TPSA) is 36.4 Å². The zero-order valence-electron chi connectivity index (χ0n) is 11.7. The number of aliphatic hydroxyl groups is 1. The maximum absolute atomic E-state index is 8.96. The number of hydrogen-bond donors (Lipinski definition) is 1. The number of hydrogen-bond acceptors (Lipinski definition) is 3. The highest BCUT2D eigenvalue weighted by molar-refractivity contribution is 5.78. The summed E-state index contributed by atoms with van der Waals surface area (Å²) in [6.45, 7) is 6.34. The van der Waals surface area contributed by atoms with Crippen LogP contribution in [-0.4, -0.2) is 34.2 Å². The Kier molecular flexibility index (Phi) is 4.88. The van der Waals surface area contributed by atoms with Crippen molar-refractivity contribution in [2.75, 3.05) is 13.2 Å². The maximum atomic E-state index is 8.96. The van der Waals surface area contributed by atoms with Crippen molar-refractivity contribution in [3.8, 4) is 0 Å². The quantitative estimate of drug-likeness (QED) is 0.865. The van der Waals surface area contributed by atoms with Crippen LogP contribution in [0.4, 0.5) is 0 Å². The average molecular weight is 258 g/mol. The summed E-state index contributed by atoms with van der Waals surface area (Å²) >= 11 is 0. The number of rotatable bonds is 6. The van der Waals surface area contributed by atoms with Gasteiger partial charge >= 0.3 is 0 Å². The Hall–Kier alpha value is -1.45. The molecule has 0 bridgehead atoms. The molecule has 0 aliphatic rings. The number of pyridine rings is 1. The van der Waals surface area contributed by atoms with Crippen LogP contribution in [0.2, 0.25) is 0 Å². The van der Waals surface area contributed by atoms with Crippen molar-refractivity contribution in [3.63, 3.8) is 0 Å². The molecular formula is C16H22N2O. The number of fused-ring (bicyclic) bond motifs is 1. The molecule has 0 saturated heterocycles. The summed E-state index contributed by atoms with van der Waals surface area (Å²) in [5.41, 5.74) is 2.14. The van der Waals surface area contributed by atoms with Gasteiger partial charge in [0.25, 0.3) is 0 Å². The fraction of sp³-hybridized carbons (Fsp3) is 0.438. The molecule has 1 aromatic heterocycles. The van der Waals surface area contributed by atoms with Gasteiger partial charge < -0.3 is 5.11 Å². The van der Waals surface area contributed by atoms with Crippen LogP contribution in [0.1, 0.15) is 26.0 Å². The second kappa shape index (κ2) is 6.64. The molecule has 19 heavy (non-hydrogen) atoms. The van der Waals surface area contributed by atoms with Crippen LogP contribution in [0.3, 0.4) is 0 Å². The van der Waals surface area contributed by atoms with Gasteiger partial charge in [0.2, 0.25) is 0 Å². The Morgan fingerprint density at radius 2 is 1.95 bits per heavy atom. The van der Waals surface area contributed by atoms with Crippen LogP contribution in [0.5, 0.6) is 0 Å². The normalized spacial score (nSPS) is 11.6. The fourth-order valence-electron chi connectivity index (χ4n) is 2.20. The Morgan fingerprint density at radius 1 is 1.16 bits per heavy atom. The summed E-state index contributed by atoms with van der Waals surface area (Å²) in [5, 5.41) is 10.1. The maximum Gasteiger partial charge on any atom is 0.0705 e. The second-order valence-electron chi connectivity index (χ2n) is 5.14. The van der Waals surface area contributed by atoms with Crippen LogP contribution in [0.15, 0.2) is 36.4 Å². The first-order valence-corrected chi connectivity index (χ1v) is 6.90. The minimum absolute atomic E-state index is 0.244. The standard InChI is InChI=1S/C16H22N2O/c1-13(2)18(10-5-11-19)12-15-9-8-14-6-3-4-7-16(14)17-15/h3-4,6-9,13,19H,5,10-12H2,1-2H3. The highest BCUT2D eigenvalue weighted by atomic mass is 16.3. The molecule has 3 heteroatoms. The number of benzene rings is 1. The lowest BCUT2D eigenvalue weighted by Crippen LogP contribution is -2.32. The molecule has 2 rings (SSSR count).